The molecule has 5 heteroatoms. The van der Waals surface area contributed by atoms with Crippen LogP contribution in [0.2, 0.25) is 5.02 Å². The van der Waals surface area contributed by atoms with Crippen LogP contribution in [0, 0.1) is 11.6 Å². The second kappa shape index (κ2) is 5.39. The van der Waals surface area contributed by atoms with Crippen LogP contribution in [0.4, 0.5) is 8.78 Å². The van der Waals surface area contributed by atoms with Gasteiger partial charge in [0.15, 0.2) is 0 Å². The summed E-state index contributed by atoms with van der Waals surface area (Å²) in [4.78, 5) is 0. The second-order valence-corrected chi connectivity index (χ2v) is 3.76. The predicted molar refractivity (Wildman–Crippen MR) is 56.6 cm³/mol. The van der Waals surface area contributed by atoms with E-state index in [-0.39, 0.29) is 10.6 Å². The van der Waals surface area contributed by atoms with Crippen LogP contribution in [0.1, 0.15) is 24.4 Å². The number of nitrogens with two attached hydrogens (primary N) is 2. The maximum absolute atomic E-state index is 13.4. The van der Waals surface area contributed by atoms with Gasteiger partial charge in [0.2, 0.25) is 0 Å². The Kier molecular flexibility index (Phi) is 4.45. The minimum atomic E-state index is -0.704. The molecule has 0 radical (unpaired) electrons. The minimum absolute atomic E-state index is 0.0276. The molecule has 0 saturated carbocycles. The second-order valence-electron chi connectivity index (χ2n) is 3.32. The van der Waals surface area contributed by atoms with Crippen LogP contribution in [-0.2, 0) is 0 Å². The van der Waals surface area contributed by atoms with Gasteiger partial charge in [-0.05, 0) is 31.5 Å². The van der Waals surface area contributed by atoms with Gasteiger partial charge in [-0.3, -0.25) is 0 Å². The average Bonchev–Trinajstić information content (AvgIpc) is 2.12. The van der Waals surface area contributed by atoms with Crippen molar-refractivity contribution in [3.05, 3.63) is 34.4 Å². The van der Waals surface area contributed by atoms with E-state index in [4.69, 9.17) is 23.1 Å². The summed E-state index contributed by atoms with van der Waals surface area (Å²) < 4.78 is 26.7. The number of halogens is 3. The normalized spacial score (nSPS) is 12.9. The van der Waals surface area contributed by atoms with Crippen molar-refractivity contribution in [1.29, 1.82) is 0 Å². The Hall–Kier alpha value is -0.710. The van der Waals surface area contributed by atoms with Gasteiger partial charge in [-0.1, -0.05) is 11.6 Å². The zero-order valence-electron chi connectivity index (χ0n) is 8.14. The Balaban J connectivity index is 2.92. The van der Waals surface area contributed by atoms with Crippen LogP contribution in [0.15, 0.2) is 12.1 Å². The average molecular weight is 235 g/mol. The highest BCUT2D eigenvalue weighted by molar-refractivity contribution is 6.30. The molecule has 0 saturated heterocycles. The van der Waals surface area contributed by atoms with Crippen molar-refractivity contribution in [2.45, 2.75) is 18.9 Å². The highest BCUT2D eigenvalue weighted by atomic mass is 35.5. The molecule has 0 aliphatic heterocycles. The maximum atomic E-state index is 13.4. The van der Waals surface area contributed by atoms with E-state index in [2.05, 4.69) is 0 Å². The van der Waals surface area contributed by atoms with Gasteiger partial charge in [-0.15, -0.1) is 0 Å². The third-order valence-corrected chi connectivity index (χ3v) is 2.35. The SMILES string of the molecule is NCCC[C@H](N)c1c(F)cc(Cl)cc1F. The molecule has 1 aromatic rings. The fraction of sp³-hybridized carbons (Fsp3) is 0.400. The molecule has 0 aliphatic carbocycles. The lowest BCUT2D eigenvalue weighted by atomic mass is 10.0. The number of hydrogen-bond acceptors (Lipinski definition) is 2. The van der Waals surface area contributed by atoms with Crippen molar-refractivity contribution < 1.29 is 8.78 Å². The third kappa shape index (κ3) is 3.12. The van der Waals surface area contributed by atoms with E-state index in [1.54, 1.807) is 0 Å². The van der Waals surface area contributed by atoms with Crippen molar-refractivity contribution in [2.24, 2.45) is 11.5 Å². The topological polar surface area (TPSA) is 52.0 Å². The van der Waals surface area contributed by atoms with E-state index < -0.39 is 17.7 Å². The molecule has 4 N–H and O–H groups in total. The molecule has 1 atom stereocenters. The zero-order valence-corrected chi connectivity index (χ0v) is 8.90. The quantitative estimate of drug-likeness (QED) is 0.840. The van der Waals surface area contributed by atoms with Crippen LogP contribution in [0.3, 0.4) is 0 Å². The highest BCUT2D eigenvalue weighted by Crippen LogP contribution is 2.25. The Morgan fingerprint density at radius 1 is 1.27 bits per heavy atom. The lowest BCUT2D eigenvalue weighted by Crippen LogP contribution is -2.16. The maximum Gasteiger partial charge on any atom is 0.132 e. The first-order valence-corrected chi connectivity index (χ1v) is 5.04. The molecule has 15 heavy (non-hydrogen) atoms. The summed E-state index contributed by atoms with van der Waals surface area (Å²) in [6.07, 6.45) is 1.08. The molecule has 84 valence electrons. The molecule has 1 aromatic carbocycles. The van der Waals surface area contributed by atoms with Gasteiger partial charge in [-0.2, -0.15) is 0 Å². The first kappa shape index (κ1) is 12.4. The summed E-state index contributed by atoms with van der Waals surface area (Å²) in [6, 6.07) is 1.44. The first-order chi connectivity index (χ1) is 7.06. The molecule has 0 aliphatic rings. The molecule has 0 unspecified atom stereocenters. The van der Waals surface area contributed by atoms with E-state index in [0.29, 0.717) is 19.4 Å². The molecule has 2 nitrogen and oxygen atoms in total. The summed E-state index contributed by atoms with van der Waals surface area (Å²) in [5, 5.41) is 0.0276. The fourth-order valence-electron chi connectivity index (χ4n) is 1.39. The van der Waals surface area contributed by atoms with Crippen LogP contribution >= 0.6 is 11.6 Å². The lowest BCUT2D eigenvalue weighted by molar-refractivity contribution is 0.506. The van der Waals surface area contributed by atoms with Gasteiger partial charge in [-0.25, -0.2) is 8.78 Å². The standard InChI is InChI=1S/C10H13ClF2N2/c11-6-4-7(12)10(8(13)5-6)9(15)2-1-3-14/h4-5,9H,1-3,14-15H2/t9-/m0/s1. The van der Waals surface area contributed by atoms with Crippen molar-refractivity contribution in [3.8, 4) is 0 Å². The van der Waals surface area contributed by atoms with Crippen LogP contribution < -0.4 is 11.5 Å². The van der Waals surface area contributed by atoms with Gasteiger partial charge in [0.1, 0.15) is 11.6 Å². The summed E-state index contributed by atoms with van der Waals surface area (Å²) >= 11 is 5.49. The Labute approximate surface area is 92.2 Å². The van der Waals surface area contributed by atoms with Crippen molar-refractivity contribution in [2.75, 3.05) is 6.54 Å². The van der Waals surface area contributed by atoms with E-state index in [1.165, 1.54) is 0 Å². The summed E-state index contributed by atoms with van der Waals surface area (Å²) in [7, 11) is 0. The summed E-state index contributed by atoms with van der Waals surface area (Å²) in [5.41, 5.74) is 10.8. The number of benzene rings is 1. The number of hydrogen-bond donors (Lipinski definition) is 2. The van der Waals surface area contributed by atoms with Crippen LogP contribution in [-0.4, -0.2) is 6.54 Å². The van der Waals surface area contributed by atoms with Gasteiger partial charge in [0.25, 0.3) is 0 Å². The Morgan fingerprint density at radius 2 is 1.80 bits per heavy atom. The van der Waals surface area contributed by atoms with Crippen molar-refractivity contribution in [3.63, 3.8) is 0 Å². The van der Waals surface area contributed by atoms with Crippen LogP contribution in [0.5, 0.6) is 0 Å². The van der Waals surface area contributed by atoms with Gasteiger partial charge >= 0.3 is 0 Å². The van der Waals surface area contributed by atoms with Gasteiger partial charge in [0, 0.05) is 16.6 Å². The van der Waals surface area contributed by atoms with E-state index in [9.17, 15) is 8.78 Å². The Morgan fingerprint density at radius 3 is 2.27 bits per heavy atom. The van der Waals surface area contributed by atoms with E-state index in [1.807, 2.05) is 0 Å². The highest BCUT2D eigenvalue weighted by Gasteiger charge is 2.17. The molecule has 0 spiro atoms. The molecular formula is C10H13ClF2N2. The zero-order chi connectivity index (χ0) is 11.4. The molecular weight excluding hydrogens is 222 g/mol. The summed E-state index contributed by atoms with van der Waals surface area (Å²) in [5.74, 6) is -1.41. The van der Waals surface area contributed by atoms with Gasteiger partial charge in [0.05, 0.1) is 0 Å². The smallest absolute Gasteiger partial charge is 0.132 e. The largest absolute Gasteiger partial charge is 0.330 e. The minimum Gasteiger partial charge on any atom is -0.330 e. The molecule has 0 heterocycles. The number of rotatable bonds is 4. The lowest BCUT2D eigenvalue weighted by Gasteiger charge is -2.13. The van der Waals surface area contributed by atoms with E-state index in [0.717, 1.165) is 12.1 Å². The fourth-order valence-corrected chi connectivity index (χ4v) is 1.58. The molecule has 0 amide bonds. The monoisotopic (exact) mass is 234 g/mol. The first-order valence-electron chi connectivity index (χ1n) is 4.66. The van der Waals surface area contributed by atoms with E-state index >= 15 is 0 Å². The van der Waals surface area contributed by atoms with Gasteiger partial charge < -0.3 is 11.5 Å². The summed E-state index contributed by atoms with van der Waals surface area (Å²) in [6.45, 7) is 0.449. The predicted octanol–water partition coefficient (Wildman–Crippen LogP) is 2.36. The molecule has 1 rings (SSSR count). The van der Waals surface area contributed by atoms with Crippen molar-refractivity contribution in [1.82, 2.24) is 0 Å². The van der Waals surface area contributed by atoms with Crippen LogP contribution in [0.25, 0.3) is 0 Å². The molecule has 0 fully saturated rings. The molecule has 0 aromatic heterocycles. The van der Waals surface area contributed by atoms with Crippen molar-refractivity contribution >= 4 is 11.6 Å². The Bertz CT molecular complexity index is 321. The third-order valence-electron chi connectivity index (χ3n) is 2.13. The molecule has 0 bridgehead atoms.